The molecule has 3 aromatic rings. The molecule has 3 atom stereocenters. The second kappa shape index (κ2) is 9.76. The van der Waals surface area contributed by atoms with E-state index in [0.29, 0.717) is 9.21 Å². The first-order valence-electron chi connectivity index (χ1n) is 10.8. The number of hydroxylamine groups is 1. The van der Waals surface area contributed by atoms with Crippen molar-refractivity contribution in [2.45, 2.75) is 18.4 Å². The van der Waals surface area contributed by atoms with E-state index < -0.39 is 41.6 Å². The van der Waals surface area contributed by atoms with Crippen LogP contribution in [0.25, 0.3) is 17.8 Å². The fraction of sp³-hybridized carbons (Fsp3) is 0.174. The summed E-state index contributed by atoms with van der Waals surface area (Å²) in [7, 11) is 1.42. The molecule has 4 N–H and O–H groups in total. The van der Waals surface area contributed by atoms with Crippen molar-refractivity contribution in [1.29, 1.82) is 0 Å². The van der Waals surface area contributed by atoms with Gasteiger partial charge < -0.3 is 15.1 Å². The molecule has 3 heterocycles. The van der Waals surface area contributed by atoms with Crippen LogP contribution >= 0.6 is 22.9 Å². The Balaban J connectivity index is 1.44. The molecule has 0 saturated carbocycles. The van der Waals surface area contributed by atoms with Crippen molar-refractivity contribution in [3.8, 4) is 5.69 Å². The monoisotopic (exact) mass is 544 g/mol. The molecule has 2 unspecified atom stereocenters. The Kier molecular flexibility index (Phi) is 6.50. The van der Waals surface area contributed by atoms with Gasteiger partial charge in [-0.1, -0.05) is 11.6 Å². The third-order valence-corrected chi connectivity index (χ3v) is 7.09. The number of alkyl halides is 1. The first-order valence-corrected chi connectivity index (χ1v) is 12.0. The summed E-state index contributed by atoms with van der Waals surface area (Å²) in [5.74, 6) is -0.495. The lowest BCUT2D eigenvalue weighted by atomic mass is 10.1. The van der Waals surface area contributed by atoms with Crippen molar-refractivity contribution in [3.63, 3.8) is 0 Å². The number of rotatable bonds is 5. The van der Waals surface area contributed by atoms with E-state index in [-0.39, 0.29) is 27.5 Å². The summed E-state index contributed by atoms with van der Waals surface area (Å²) < 4.78 is 15.7. The van der Waals surface area contributed by atoms with Gasteiger partial charge in [0.1, 0.15) is 12.2 Å². The van der Waals surface area contributed by atoms with Crippen molar-refractivity contribution in [3.05, 3.63) is 82.6 Å². The maximum Gasteiger partial charge on any atom is 0.427 e. The number of aliphatic imine (C=N–C) groups is 1. The van der Waals surface area contributed by atoms with Gasteiger partial charge in [-0.25, -0.2) is 18.5 Å². The number of amides is 2. The van der Waals surface area contributed by atoms with Gasteiger partial charge in [-0.15, -0.1) is 16.8 Å². The predicted octanol–water partition coefficient (Wildman–Crippen LogP) is 0.266. The zero-order chi connectivity index (χ0) is 26.3. The zero-order valence-corrected chi connectivity index (χ0v) is 20.5. The number of nitrogens with one attached hydrogen (secondary N) is 4. The molecule has 2 aromatic heterocycles. The van der Waals surface area contributed by atoms with E-state index >= 15 is 0 Å². The van der Waals surface area contributed by atoms with E-state index in [9.17, 15) is 23.6 Å². The number of aromatic amines is 1. The first kappa shape index (κ1) is 24.6. The molecular weight excluding hydrogens is 527 g/mol. The number of aromatic nitrogens is 2. The summed E-state index contributed by atoms with van der Waals surface area (Å²) in [5, 5.41) is 5.56. The summed E-state index contributed by atoms with van der Waals surface area (Å²) >= 11 is 7.27. The Morgan fingerprint density at radius 1 is 1.22 bits per heavy atom. The predicted molar refractivity (Wildman–Crippen MR) is 135 cm³/mol. The molecule has 14 heteroatoms. The summed E-state index contributed by atoms with van der Waals surface area (Å²) in [5.41, 5.74) is 1.59. The first-order chi connectivity index (χ1) is 17.7. The quantitative estimate of drug-likeness (QED) is 0.362. The molecule has 2 aliphatic rings. The van der Waals surface area contributed by atoms with Crippen LogP contribution in [-0.2, 0) is 4.84 Å². The summed E-state index contributed by atoms with van der Waals surface area (Å²) in [6.07, 6.45) is -0.589. The molecule has 1 fully saturated rings. The molecule has 0 spiro atoms. The number of benzene rings is 1. The van der Waals surface area contributed by atoms with Gasteiger partial charge >= 0.3 is 11.8 Å². The average Bonchev–Trinajstić information content (AvgIpc) is 3.51. The van der Waals surface area contributed by atoms with E-state index in [1.54, 1.807) is 12.1 Å². The summed E-state index contributed by atoms with van der Waals surface area (Å²) in [6.45, 7) is 0. The SMILES string of the molecule is CN=C1C=c2[nH]c(=O)n(-c3ccc(C(=O)N[C@@H](c4ccc(Cl)s4)C4NOC(=O)N4)cc3)c(=O)c2=CC1F. The van der Waals surface area contributed by atoms with Gasteiger partial charge in [0, 0.05) is 17.5 Å². The molecule has 1 aromatic carbocycles. The molecule has 5 rings (SSSR count). The molecule has 190 valence electrons. The van der Waals surface area contributed by atoms with Crippen molar-refractivity contribution in [2.24, 2.45) is 4.99 Å². The number of fused-ring (bicyclic) bond motifs is 1. The maximum absolute atomic E-state index is 14.3. The second-order valence-electron chi connectivity index (χ2n) is 8.03. The topological polar surface area (TPSA) is 147 Å². The van der Waals surface area contributed by atoms with Crippen LogP contribution in [0.15, 0.2) is 51.0 Å². The highest BCUT2D eigenvalue weighted by molar-refractivity contribution is 7.16. The van der Waals surface area contributed by atoms with E-state index in [1.165, 1.54) is 48.7 Å². The highest BCUT2D eigenvalue weighted by atomic mass is 35.5. The third-order valence-electron chi connectivity index (χ3n) is 5.77. The number of thiophene rings is 1. The van der Waals surface area contributed by atoms with Gasteiger partial charge in [-0.2, -0.15) is 0 Å². The van der Waals surface area contributed by atoms with Gasteiger partial charge in [0.05, 0.1) is 26.3 Å². The number of hydrogen-bond donors (Lipinski definition) is 4. The number of halogens is 2. The Bertz CT molecular complexity index is 1680. The molecule has 11 nitrogen and oxygen atoms in total. The number of carbonyl (C=O) groups excluding carboxylic acids is 2. The van der Waals surface area contributed by atoms with E-state index in [0.717, 1.165) is 10.6 Å². The standard InChI is InChI=1S/C23H18ClFN6O5S/c1-26-15-9-14-12(8-13(15)25)21(33)31(22(34)27-14)11-4-2-10(3-5-11)20(32)28-18(16-6-7-17(24)37-16)19-29-23(35)36-30-19/h2-9,13,18-19,30H,1H3,(H,27,34)(H,28,32)(H,29,35)/t13?,18-,19?/m0/s1. The van der Waals surface area contributed by atoms with Crippen molar-refractivity contribution >= 4 is 52.8 Å². The lowest BCUT2D eigenvalue weighted by Crippen LogP contribution is -2.55. The summed E-state index contributed by atoms with van der Waals surface area (Å²) in [4.78, 5) is 62.0. The van der Waals surface area contributed by atoms with Crippen LogP contribution in [0.1, 0.15) is 21.3 Å². The lowest BCUT2D eigenvalue weighted by molar-refractivity contribution is 0.0895. The van der Waals surface area contributed by atoms with Crippen molar-refractivity contribution < 1.29 is 18.8 Å². The van der Waals surface area contributed by atoms with Crippen molar-refractivity contribution in [2.75, 3.05) is 7.05 Å². The molecule has 1 aliphatic heterocycles. The smallest absolute Gasteiger partial charge is 0.352 e. The minimum Gasteiger partial charge on any atom is -0.352 e. The Morgan fingerprint density at radius 3 is 2.59 bits per heavy atom. The zero-order valence-electron chi connectivity index (χ0n) is 19.0. The van der Waals surface area contributed by atoms with Gasteiger partial charge in [0.2, 0.25) is 0 Å². The molecule has 2 amide bonds. The largest absolute Gasteiger partial charge is 0.427 e. The van der Waals surface area contributed by atoms with E-state index in [4.69, 9.17) is 16.4 Å². The lowest BCUT2D eigenvalue weighted by Gasteiger charge is -2.22. The fourth-order valence-corrected chi connectivity index (χ4v) is 5.13. The number of H-pyrrole nitrogens is 1. The van der Waals surface area contributed by atoms with Crippen LogP contribution in [0.4, 0.5) is 9.18 Å². The Labute approximate surface area is 215 Å². The maximum atomic E-state index is 14.3. The van der Waals surface area contributed by atoms with Gasteiger partial charge in [0.25, 0.3) is 11.5 Å². The minimum atomic E-state index is -1.58. The van der Waals surface area contributed by atoms with Crippen LogP contribution in [0.5, 0.6) is 0 Å². The summed E-state index contributed by atoms with van der Waals surface area (Å²) in [6, 6.07) is 8.38. The van der Waals surface area contributed by atoms with E-state index in [2.05, 4.69) is 26.1 Å². The highest BCUT2D eigenvalue weighted by Gasteiger charge is 2.33. The molecular formula is C23H18ClFN6O5S. The minimum absolute atomic E-state index is 0.00657. The van der Waals surface area contributed by atoms with E-state index in [1.807, 2.05) is 0 Å². The Morgan fingerprint density at radius 2 is 1.97 bits per heavy atom. The van der Waals surface area contributed by atoms with Crippen molar-refractivity contribution in [1.82, 2.24) is 25.7 Å². The van der Waals surface area contributed by atoms with Crippen LogP contribution < -0.4 is 37.9 Å². The molecule has 0 radical (unpaired) electrons. The fourth-order valence-electron chi connectivity index (χ4n) is 3.98. The average molecular weight is 545 g/mol. The number of nitrogens with zero attached hydrogens (tertiary/aromatic N) is 2. The molecule has 37 heavy (non-hydrogen) atoms. The number of carbonyl (C=O) groups is 2. The second-order valence-corrected chi connectivity index (χ2v) is 9.78. The highest BCUT2D eigenvalue weighted by Crippen LogP contribution is 2.29. The van der Waals surface area contributed by atoms with Gasteiger partial charge in [0.15, 0.2) is 6.17 Å². The molecule has 1 aliphatic carbocycles. The van der Waals surface area contributed by atoms with Gasteiger partial charge in [-0.3, -0.25) is 19.9 Å². The molecule has 1 saturated heterocycles. The van der Waals surface area contributed by atoms with Gasteiger partial charge in [-0.05, 0) is 48.6 Å². The number of hydrogen-bond acceptors (Lipinski definition) is 8. The normalized spacial score (nSPS) is 20.3. The van der Waals surface area contributed by atoms with Crippen LogP contribution in [0.3, 0.4) is 0 Å². The van der Waals surface area contributed by atoms with Crippen LogP contribution in [0, 0.1) is 0 Å². The van der Waals surface area contributed by atoms with Crippen LogP contribution in [0.2, 0.25) is 4.34 Å². The molecule has 0 bridgehead atoms. The van der Waals surface area contributed by atoms with Crippen LogP contribution in [-0.4, -0.2) is 46.6 Å². The third kappa shape index (κ3) is 4.71. The Hall–Kier alpha value is -4.07.